The van der Waals surface area contributed by atoms with Crippen LogP contribution in [0.1, 0.15) is 24.1 Å². The summed E-state index contributed by atoms with van der Waals surface area (Å²) in [4.78, 5) is 4.46. The van der Waals surface area contributed by atoms with Gasteiger partial charge in [0.1, 0.15) is 5.75 Å². The number of rotatable bonds is 6. The van der Waals surface area contributed by atoms with Crippen LogP contribution in [0.3, 0.4) is 0 Å². The zero-order valence-electron chi connectivity index (χ0n) is 11.5. The molecule has 2 aromatic rings. The van der Waals surface area contributed by atoms with Crippen molar-refractivity contribution in [3.05, 3.63) is 59.9 Å². The van der Waals surface area contributed by atoms with Crippen molar-refractivity contribution in [3.63, 3.8) is 0 Å². The van der Waals surface area contributed by atoms with Gasteiger partial charge in [-0.25, -0.2) is 0 Å². The van der Waals surface area contributed by atoms with Gasteiger partial charge in [-0.1, -0.05) is 18.2 Å². The van der Waals surface area contributed by atoms with Crippen molar-refractivity contribution in [1.29, 1.82) is 0 Å². The summed E-state index contributed by atoms with van der Waals surface area (Å²) in [6.07, 6.45) is 1.84. The Morgan fingerprint density at radius 3 is 2.53 bits per heavy atom. The topological polar surface area (TPSA) is 34.1 Å². The molecule has 1 atom stereocenters. The van der Waals surface area contributed by atoms with E-state index in [0.29, 0.717) is 6.61 Å². The molecule has 0 bridgehead atoms. The van der Waals surface area contributed by atoms with Gasteiger partial charge in [0.2, 0.25) is 0 Å². The van der Waals surface area contributed by atoms with Crippen LogP contribution in [0.5, 0.6) is 5.75 Å². The van der Waals surface area contributed by atoms with Crippen LogP contribution < -0.4 is 10.1 Å². The number of pyridine rings is 1. The molecule has 0 spiro atoms. The number of nitrogens with one attached hydrogen (secondary N) is 1. The Morgan fingerprint density at radius 1 is 1.16 bits per heavy atom. The molecule has 19 heavy (non-hydrogen) atoms. The highest BCUT2D eigenvalue weighted by Gasteiger charge is 2.14. The molecular formula is C16H20N2O. The highest BCUT2D eigenvalue weighted by atomic mass is 16.5. The molecule has 1 aromatic carbocycles. The molecule has 0 radical (unpaired) electrons. The second kappa shape index (κ2) is 6.90. The van der Waals surface area contributed by atoms with E-state index in [0.717, 1.165) is 18.0 Å². The number of aromatic nitrogens is 1. The Kier molecular flexibility index (Phi) is 4.93. The number of benzene rings is 1. The van der Waals surface area contributed by atoms with E-state index < -0.39 is 0 Å². The minimum atomic E-state index is 0.266. The Labute approximate surface area is 114 Å². The van der Waals surface area contributed by atoms with Gasteiger partial charge in [0.15, 0.2) is 0 Å². The highest BCUT2D eigenvalue weighted by Crippen LogP contribution is 2.24. The van der Waals surface area contributed by atoms with Gasteiger partial charge in [-0.05, 0) is 43.8 Å². The lowest BCUT2D eigenvalue weighted by Gasteiger charge is -2.17. The fourth-order valence-electron chi connectivity index (χ4n) is 2.14. The molecule has 1 unspecified atom stereocenters. The zero-order chi connectivity index (χ0) is 13.5. The van der Waals surface area contributed by atoms with Crippen LogP contribution in [0.25, 0.3) is 0 Å². The lowest BCUT2D eigenvalue weighted by Crippen LogP contribution is -2.19. The molecule has 2 rings (SSSR count). The summed E-state index contributed by atoms with van der Waals surface area (Å²) in [5.74, 6) is 1.18. The van der Waals surface area contributed by atoms with Gasteiger partial charge >= 0.3 is 0 Å². The van der Waals surface area contributed by atoms with Crippen LogP contribution in [0.4, 0.5) is 0 Å². The minimum absolute atomic E-state index is 0.266. The second-order valence-corrected chi connectivity index (χ2v) is 4.37. The molecule has 0 fully saturated rings. The van der Waals surface area contributed by atoms with Crippen LogP contribution in [-0.4, -0.2) is 25.2 Å². The lowest BCUT2D eigenvalue weighted by molar-refractivity contribution is 0.340. The maximum atomic E-state index is 5.48. The van der Waals surface area contributed by atoms with E-state index in [-0.39, 0.29) is 5.92 Å². The maximum absolute atomic E-state index is 5.48. The van der Waals surface area contributed by atoms with Gasteiger partial charge in [0, 0.05) is 24.4 Å². The fraction of sp³-hybridized carbons (Fsp3) is 0.312. The highest BCUT2D eigenvalue weighted by molar-refractivity contribution is 5.34. The Balaban J connectivity index is 2.24. The van der Waals surface area contributed by atoms with Gasteiger partial charge < -0.3 is 10.1 Å². The molecule has 0 aliphatic rings. The van der Waals surface area contributed by atoms with Crippen LogP contribution in [0, 0.1) is 0 Å². The normalized spacial score (nSPS) is 12.1. The quantitative estimate of drug-likeness (QED) is 0.863. The first-order valence-electron chi connectivity index (χ1n) is 6.63. The third kappa shape index (κ3) is 3.55. The zero-order valence-corrected chi connectivity index (χ0v) is 11.5. The predicted octanol–water partition coefficient (Wildman–Crippen LogP) is 2.83. The average molecular weight is 256 g/mol. The van der Waals surface area contributed by atoms with E-state index in [9.17, 15) is 0 Å². The Bertz CT molecular complexity index is 482. The minimum Gasteiger partial charge on any atom is -0.494 e. The van der Waals surface area contributed by atoms with Crippen molar-refractivity contribution in [2.45, 2.75) is 12.8 Å². The maximum Gasteiger partial charge on any atom is 0.119 e. The SMILES string of the molecule is CCOc1ccc(C(CNC)c2ccccn2)cc1. The van der Waals surface area contributed by atoms with Crippen molar-refractivity contribution < 1.29 is 4.74 Å². The molecule has 1 N–H and O–H groups in total. The molecule has 1 aromatic heterocycles. The molecule has 0 aliphatic carbocycles. The Morgan fingerprint density at radius 2 is 1.95 bits per heavy atom. The summed E-state index contributed by atoms with van der Waals surface area (Å²) in [6.45, 7) is 3.55. The lowest BCUT2D eigenvalue weighted by atomic mass is 9.95. The van der Waals surface area contributed by atoms with Crippen LogP contribution in [0.15, 0.2) is 48.7 Å². The molecule has 1 heterocycles. The molecule has 3 heteroatoms. The van der Waals surface area contributed by atoms with Gasteiger partial charge in [0.05, 0.1) is 6.61 Å². The largest absolute Gasteiger partial charge is 0.494 e. The summed E-state index contributed by atoms with van der Waals surface area (Å²) in [5, 5.41) is 3.23. The molecule has 0 saturated heterocycles. The molecule has 100 valence electrons. The van der Waals surface area contributed by atoms with Crippen molar-refractivity contribution in [2.75, 3.05) is 20.2 Å². The summed E-state index contributed by atoms with van der Waals surface area (Å²) >= 11 is 0. The van der Waals surface area contributed by atoms with Crippen LogP contribution >= 0.6 is 0 Å². The van der Waals surface area contributed by atoms with E-state index >= 15 is 0 Å². The van der Waals surface area contributed by atoms with Crippen molar-refractivity contribution in [1.82, 2.24) is 10.3 Å². The number of ether oxygens (including phenoxy) is 1. The summed E-state index contributed by atoms with van der Waals surface area (Å²) in [6, 6.07) is 14.3. The van der Waals surface area contributed by atoms with Gasteiger partial charge in [-0.15, -0.1) is 0 Å². The molecule has 0 aliphatic heterocycles. The molecule has 0 saturated carbocycles. The van der Waals surface area contributed by atoms with E-state index in [1.807, 2.05) is 44.4 Å². The van der Waals surface area contributed by atoms with Gasteiger partial charge in [-0.3, -0.25) is 4.98 Å². The number of hydrogen-bond acceptors (Lipinski definition) is 3. The summed E-state index contributed by atoms with van der Waals surface area (Å²) in [7, 11) is 1.96. The van der Waals surface area contributed by atoms with Gasteiger partial charge in [-0.2, -0.15) is 0 Å². The van der Waals surface area contributed by atoms with Crippen molar-refractivity contribution in [3.8, 4) is 5.75 Å². The number of nitrogens with zero attached hydrogens (tertiary/aromatic N) is 1. The fourth-order valence-corrected chi connectivity index (χ4v) is 2.14. The summed E-state index contributed by atoms with van der Waals surface area (Å²) < 4.78 is 5.48. The molecule has 3 nitrogen and oxygen atoms in total. The van der Waals surface area contributed by atoms with E-state index in [1.165, 1.54) is 5.56 Å². The number of hydrogen-bond donors (Lipinski definition) is 1. The second-order valence-electron chi connectivity index (χ2n) is 4.37. The monoisotopic (exact) mass is 256 g/mol. The third-order valence-electron chi connectivity index (χ3n) is 3.05. The first-order valence-corrected chi connectivity index (χ1v) is 6.63. The van der Waals surface area contributed by atoms with Crippen molar-refractivity contribution in [2.24, 2.45) is 0 Å². The standard InChI is InChI=1S/C16H20N2O/c1-3-19-14-9-7-13(8-10-14)15(12-17-2)16-6-4-5-11-18-16/h4-11,15,17H,3,12H2,1-2H3. The predicted molar refractivity (Wildman–Crippen MR) is 77.6 cm³/mol. The first kappa shape index (κ1) is 13.6. The molecule has 0 amide bonds. The van der Waals surface area contributed by atoms with Crippen LogP contribution in [0.2, 0.25) is 0 Å². The van der Waals surface area contributed by atoms with E-state index in [1.54, 1.807) is 0 Å². The van der Waals surface area contributed by atoms with Crippen molar-refractivity contribution >= 4 is 0 Å². The summed E-state index contributed by atoms with van der Waals surface area (Å²) in [5.41, 5.74) is 2.33. The van der Waals surface area contributed by atoms with E-state index in [2.05, 4.69) is 28.5 Å². The van der Waals surface area contributed by atoms with Crippen LogP contribution in [-0.2, 0) is 0 Å². The van der Waals surface area contributed by atoms with E-state index in [4.69, 9.17) is 4.74 Å². The van der Waals surface area contributed by atoms with Gasteiger partial charge in [0.25, 0.3) is 0 Å². The smallest absolute Gasteiger partial charge is 0.119 e. The number of likely N-dealkylation sites (N-methyl/N-ethyl adjacent to an activating group) is 1. The molecular weight excluding hydrogens is 236 g/mol. The Hall–Kier alpha value is -1.87. The average Bonchev–Trinajstić information content (AvgIpc) is 2.47. The first-order chi connectivity index (χ1) is 9.35. The third-order valence-corrected chi connectivity index (χ3v) is 3.05.